The van der Waals surface area contributed by atoms with Gasteiger partial charge in [0.2, 0.25) is 11.7 Å². The lowest BCUT2D eigenvalue weighted by Crippen LogP contribution is -1.97. The van der Waals surface area contributed by atoms with E-state index in [9.17, 15) is 0 Å². The monoisotopic (exact) mass is 230 g/mol. The molecule has 0 spiro atoms. The molecule has 0 aliphatic heterocycles. The fourth-order valence-electron chi connectivity index (χ4n) is 1.75. The zero-order valence-corrected chi connectivity index (χ0v) is 10.6. The Morgan fingerprint density at radius 2 is 1.94 bits per heavy atom. The van der Waals surface area contributed by atoms with Crippen molar-refractivity contribution in [2.75, 3.05) is 0 Å². The van der Waals surface area contributed by atoms with Crippen molar-refractivity contribution in [3.05, 3.63) is 35.7 Å². The maximum absolute atomic E-state index is 4.97. The Morgan fingerprint density at radius 1 is 1.24 bits per heavy atom. The summed E-state index contributed by atoms with van der Waals surface area (Å²) in [5, 5.41) is 3.91. The zero-order valence-electron chi connectivity index (χ0n) is 10.6. The van der Waals surface area contributed by atoms with Crippen molar-refractivity contribution in [2.45, 2.75) is 33.6 Å². The van der Waals surface area contributed by atoms with Gasteiger partial charge < -0.3 is 4.52 Å². The first-order valence-corrected chi connectivity index (χ1v) is 6.08. The van der Waals surface area contributed by atoms with E-state index in [1.165, 1.54) is 12.0 Å². The van der Waals surface area contributed by atoms with E-state index >= 15 is 0 Å². The molecule has 0 saturated heterocycles. The molecule has 0 saturated carbocycles. The summed E-state index contributed by atoms with van der Waals surface area (Å²) in [6, 6.07) is 8.41. The molecule has 0 aliphatic carbocycles. The van der Waals surface area contributed by atoms with Crippen molar-refractivity contribution in [1.82, 2.24) is 10.1 Å². The first kappa shape index (κ1) is 11.8. The number of hydrogen-bond acceptors (Lipinski definition) is 3. The van der Waals surface area contributed by atoms with Crippen molar-refractivity contribution in [2.24, 2.45) is 5.92 Å². The third-order valence-electron chi connectivity index (χ3n) is 3.02. The average molecular weight is 230 g/mol. The third-order valence-corrected chi connectivity index (χ3v) is 3.02. The molecule has 90 valence electrons. The van der Waals surface area contributed by atoms with Crippen molar-refractivity contribution < 1.29 is 4.52 Å². The van der Waals surface area contributed by atoms with Crippen LogP contribution in [0.25, 0.3) is 11.4 Å². The normalized spacial score (nSPS) is 12.6. The van der Waals surface area contributed by atoms with Crippen LogP contribution in [0, 0.1) is 12.8 Å². The summed E-state index contributed by atoms with van der Waals surface area (Å²) in [5.74, 6) is 1.99. The molecule has 0 aliphatic rings. The molecule has 1 aromatic carbocycles. The number of hydrogen-bond donors (Lipinski definition) is 0. The van der Waals surface area contributed by atoms with Gasteiger partial charge in [0, 0.05) is 12.5 Å². The van der Waals surface area contributed by atoms with Gasteiger partial charge in [-0.05, 0) is 17.9 Å². The first-order chi connectivity index (χ1) is 8.19. The molecule has 0 fully saturated rings. The van der Waals surface area contributed by atoms with Gasteiger partial charge in [0.05, 0.1) is 0 Å². The van der Waals surface area contributed by atoms with E-state index in [1.54, 1.807) is 6.92 Å². The van der Waals surface area contributed by atoms with Gasteiger partial charge in [-0.3, -0.25) is 0 Å². The molecule has 17 heavy (non-hydrogen) atoms. The summed E-state index contributed by atoms with van der Waals surface area (Å²) < 4.78 is 4.97. The second-order valence-electron chi connectivity index (χ2n) is 4.55. The minimum Gasteiger partial charge on any atom is -0.339 e. The van der Waals surface area contributed by atoms with Crippen LogP contribution >= 0.6 is 0 Å². The molecule has 3 heteroatoms. The standard InChI is InChI=1S/C14H18N2O/c1-4-10(2)9-12-5-7-13(8-6-12)14-15-11(3)17-16-14/h5-8,10H,4,9H2,1-3H3. The quantitative estimate of drug-likeness (QED) is 0.805. The summed E-state index contributed by atoms with van der Waals surface area (Å²) in [6.07, 6.45) is 2.34. The minimum atomic E-state index is 0.601. The van der Waals surface area contributed by atoms with E-state index in [-0.39, 0.29) is 0 Å². The molecule has 2 aromatic rings. The van der Waals surface area contributed by atoms with Crippen LogP contribution in [0.1, 0.15) is 31.7 Å². The van der Waals surface area contributed by atoms with Gasteiger partial charge in [-0.2, -0.15) is 4.98 Å². The maximum atomic E-state index is 4.97. The summed E-state index contributed by atoms with van der Waals surface area (Å²) >= 11 is 0. The second-order valence-corrected chi connectivity index (χ2v) is 4.55. The molecule has 0 amide bonds. The summed E-state index contributed by atoms with van der Waals surface area (Å²) in [5.41, 5.74) is 2.37. The van der Waals surface area contributed by atoms with E-state index in [0.29, 0.717) is 11.7 Å². The van der Waals surface area contributed by atoms with E-state index in [1.807, 2.05) is 0 Å². The van der Waals surface area contributed by atoms with Gasteiger partial charge in [-0.15, -0.1) is 0 Å². The Labute approximate surface area is 102 Å². The molecule has 2 rings (SSSR count). The summed E-state index contributed by atoms with van der Waals surface area (Å²) in [4.78, 5) is 4.21. The van der Waals surface area contributed by atoms with Gasteiger partial charge in [0.25, 0.3) is 0 Å². The molecule has 1 aromatic heterocycles. The van der Waals surface area contributed by atoms with Crippen molar-refractivity contribution in [3.63, 3.8) is 0 Å². The number of aryl methyl sites for hydroxylation is 1. The fourth-order valence-corrected chi connectivity index (χ4v) is 1.75. The molecule has 1 atom stereocenters. The van der Waals surface area contributed by atoms with Gasteiger partial charge in [-0.25, -0.2) is 0 Å². The van der Waals surface area contributed by atoms with Crippen molar-refractivity contribution in [3.8, 4) is 11.4 Å². The van der Waals surface area contributed by atoms with Gasteiger partial charge in [-0.1, -0.05) is 49.7 Å². The Kier molecular flexibility index (Phi) is 3.57. The van der Waals surface area contributed by atoms with E-state index < -0.39 is 0 Å². The van der Waals surface area contributed by atoms with Crippen LogP contribution in [-0.4, -0.2) is 10.1 Å². The maximum Gasteiger partial charge on any atom is 0.223 e. The van der Waals surface area contributed by atoms with Crippen LogP contribution in [0.3, 0.4) is 0 Å². The van der Waals surface area contributed by atoms with Crippen molar-refractivity contribution >= 4 is 0 Å². The van der Waals surface area contributed by atoms with Crippen LogP contribution in [0.5, 0.6) is 0 Å². The average Bonchev–Trinajstić information content (AvgIpc) is 2.77. The highest BCUT2D eigenvalue weighted by Gasteiger charge is 2.06. The van der Waals surface area contributed by atoms with Gasteiger partial charge in [0.15, 0.2) is 0 Å². The lowest BCUT2D eigenvalue weighted by molar-refractivity contribution is 0.394. The van der Waals surface area contributed by atoms with Gasteiger partial charge in [0.1, 0.15) is 0 Å². The number of benzene rings is 1. The molecule has 0 radical (unpaired) electrons. The van der Waals surface area contributed by atoms with Crippen LogP contribution in [0.2, 0.25) is 0 Å². The van der Waals surface area contributed by atoms with Crippen LogP contribution < -0.4 is 0 Å². The van der Waals surface area contributed by atoms with Crippen molar-refractivity contribution in [1.29, 1.82) is 0 Å². The van der Waals surface area contributed by atoms with E-state index in [2.05, 4.69) is 48.3 Å². The second kappa shape index (κ2) is 5.13. The van der Waals surface area contributed by atoms with E-state index in [0.717, 1.165) is 17.9 Å². The number of aromatic nitrogens is 2. The van der Waals surface area contributed by atoms with Crippen LogP contribution in [-0.2, 0) is 6.42 Å². The summed E-state index contributed by atoms with van der Waals surface area (Å²) in [7, 11) is 0. The topological polar surface area (TPSA) is 38.9 Å². The highest BCUT2D eigenvalue weighted by molar-refractivity contribution is 5.54. The third kappa shape index (κ3) is 2.93. The lowest BCUT2D eigenvalue weighted by Gasteiger charge is -2.08. The lowest BCUT2D eigenvalue weighted by atomic mass is 9.98. The molecular formula is C14H18N2O. The fraction of sp³-hybridized carbons (Fsp3) is 0.429. The smallest absolute Gasteiger partial charge is 0.223 e. The number of nitrogens with zero attached hydrogens (tertiary/aromatic N) is 2. The molecule has 1 unspecified atom stereocenters. The van der Waals surface area contributed by atoms with Crippen LogP contribution in [0.15, 0.2) is 28.8 Å². The van der Waals surface area contributed by atoms with E-state index in [4.69, 9.17) is 4.52 Å². The molecule has 1 heterocycles. The molecule has 3 nitrogen and oxygen atoms in total. The predicted molar refractivity (Wildman–Crippen MR) is 67.6 cm³/mol. The highest BCUT2D eigenvalue weighted by atomic mass is 16.5. The Hall–Kier alpha value is -1.64. The largest absolute Gasteiger partial charge is 0.339 e. The molecule has 0 N–H and O–H groups in total. The van der Waals surface area contributed by atoms with Gasteiger partial charge >= 0.3 is 0 Å². The number of rotatable bonds is 4. The molecular weight excluding hydrogens is 212 g/mol. The highest BCUT2D eigenvalue weighted by Crippen LogP contribution is 2.18. The molecule has 0 bridgehead atoms. The zero-order chi connectivity index (χ0) is 12.3. The Bertz CT molecular complexity index is 473. The SMILES string of the molecule is CCC(C)Cc1ccc(-c2noc(C)n2)cc1. The predicted octanol–water partition coefficient (Wildman–Crippen LogP) is 3.63. The Balaban J connectivity index is 2.13. The first-order valence-electron chi connectivity index (χ1n) is 6.08. The Morgan fingerprint density at radius 3 is 2.47 bits per heavy atom. The van der Waals surface area contributed by atoms with Crippen LogP contribution in [0.4, 0.5) is 0 Å². The minimum absolute atomic E-state index is 0.601. The summed E-state index contributed by atoms with van der Waals surface area (Å²) in [6.45, 7) is 6.30.